The van der Waals surface area contributed by atoms with E-state index in [1.165, 1.54) is 35.9 Å². The van der Waals surface area contributed by atoms with Gasteiger partial charge in [-0.25, -0.2) is 22.5 Å². The minimum atomic E-state index is -4.75. The first-order valence-electron chi connectivity index (χ1n) is 28.0. The second-order valence-electron chi connectivity index (χ2n) is 23.4. The van der Waals surface area contributed by atoms with Crippen LogP contribution in [0.3, 0.4) is 0 Å². The van der Waals surface area contributed by atoms with Crippen molar-refractivity contribution < 1.29 is 46.6 Å². The van der Waals surface area contributed by atoms with Crippen LogP contribution in [-0.4, -0.2) is 126 Å². The molecule has 430 valence electrons. The van der Waals surface area contributed by atoms with Gasteiger partial charge in [0.15, 0.2) is 5.75 Å². The maximum Gasteiger partial charge on any atom is 0.312 e. The molecule has 2 aromatic carbocycles. The van der Waals surface area contributed by atoms with Crippen LogP contribution in [-0.2, 0) is 15.6 Å². The van der Waals surface area contributed by atoms with Gasteiger partial charge in [-0.3, -0.25) is 24.7 Å². The number of hydrogen-bond acceptors (Lipinski definition) is 17. The first-order chi connectivity index (χ1) is 38.8. The molecule has 11 rings (SSSR count). The Bertz CT molecular complexity index is 3430. The smallest absolute Gasteiger partial charge is 0.312 e. The lowest BCUT2D eigenvalue weighted by Crippen LogP contribution is -2.61. The third-order valence-corrected chi connectivity index (χ3v) is 19.2. The van der Waals surface area contributed by atoms with Gasteiger partial charge in [0.05, 0.1) is 49.0 Å². The minimum absolute atomic E-state index is 0.0194. The number of ether oxygens (including phenoxy) is 4. The zero-order chi connectivity index (χ0) is 57.0. The summed E-state index contributed by atoms with van der Waals surface area (Å²) in [4.78, 5) is 48.6. The lowest BCUT2D eigenvalue weighted by molar-refractivity contribution is -0.384. The van der Waals surface area contributed by atoms with E-state index in [1.807, 2.05) is 0 Å². The molecule has 6 heterocycles. The Balaban J connectivity index is 0.812. The summed E-state index contributed by atoms with van der Waals surface area (Å²) in [5.74, 6) is -0.320. The van der Waals surface area contributed by atoms with Crippen molar-refractivity contribution in [2.45, 2.75) is 119 Å². The van der Waals surface area contributed by atoms with Gasteiger partial charge in [-0.15, -0.1) is 0 Å². The predicted octanol–water partition coefficient (Wildman–Crippen LogP) is 9.61. The number of benzene rings is 2. The third kappa shape index (κ3) is 11.2. The molecule has 5 fully saturated rings. The van der Waals surface area contributed by atoms with Crippen LogP contribution in [0.25, 0.3) is 11.0 Å². The molecule has 5 aliphatic rings. The predicted molar refractivity (Wildman–Crippen MR) is 302 cm³/mol. The number of H-pyrrole nitrogens is 1. The Morgan fingerprint density at radius 2 is 1.63 bits per heavy atom. The van der Waals surface area contributed by atoms with Crippen molar-refractivity contribution in [3.05, 3.63) is 117 Å². The molecule has 1 spiro atoms. The van der Waals surface area contributed by atoms with Gasteiger partial charge in [0.25, 0.3) is 21.8 Å². The number of carbonyl (C=O) groups is 1. The zero-order valence-corrected chi connectivity index (χ0v) is 47.5. The number of anilines is 2. The van der Waals surface area contributed by atoms with Crippen LogP contribution in [0.15, 0.2) is 84.0 Å². The number of piperidine rings is 1. The maximum atomic E-state index is 15.0. The highest BCUT2D eigenvalue weighted by molar-refractivity contribution is 7.90. The fourth-order valence-electron chi connectivity index (χ4n) is 13.1. The summed E-state index contributed by atoms with van der Waals surface area (Å²) in [5, 5.41) is 25.7. The number of aliphatic hydroxyl groups is 1. The fourth-order valence-corrected chi connectivity index (χ4v) is 14.0. The van der Waals surface area contributed by atoms with E-state index >= 15 is 0 Å². The molecule has 0 unspecified atom stereocenters. The van der Waals surface area contributed by atoms with E-state index in [2.05, 4.69) is 94.9 Å². The summed E-state index contributed by atoms with van der Waals surface area (Å²) in [6.45, 7) is 10.9. The molecule has 0 radical (unpaired) electrons. The fraction of sp³-hybridized carbons (Fsp3) is 0.492. The summed E-state index contributed by atoms with van der Waals surface area (Å²) in [7, 11) is -0.102. The van der Waals surface area contributed by atoms with Gasteiger partial charge in [-0.05, 0) is 117 Å². The Morgan fingerprint density at radius 1 is 0.914 bits per heavy atom. The Labute approximate surface area is 470 Å². The molecule has 2 saturated heterocycles. The number of carbonyl (C=O) groups excluding carboxylic acids is 1. The molecule has 6 aromatic rings. The molecule has 4 N–H and O–H groups in total. The molecule has 1 atom stereocenters. The van der Waals surface area contributed by atoms with Gasteiger partial charge in [0.1, 0.15) is 22.1 Å². The number of methoxy groups -OCH3 is 3. The number of hydrogen-bond donors (Lipinski definition) is 4. The first kappa shape index (κ1) is 55.8. The van der Waals surface area contributed by atoms with Crippen molar-refractivity contribution >= 4 is 44.2 Å². The molecule has 22 heteroatoms. The van der Waals surface area contributed by atoms with E-state index in [0.29, 0.717) is 69.0 Å². The number of piperazine rings is 1. The number of pyridine rings is 3. The summed E-state index contributed by atoms with van der Waals surface area (Å²) in [6.07, 6.45) is 10.8. The van der Waals surface area contributed by atoms with Gasteiger partial charge >= 0.3 is 5.69 Å². The SMILES string of the molecule is COc1cc(C2(N3CCN(C4CC5(CCN(c6ccc(C(=O)NS(=O)(=O)c7cnc(NCC8CCC(C)(O)CC8)c([N+](=O)[O-])c7)c(Oc7cc8c(F)c[nH]c8nc7OC)c6)CC5)C4)[C@H](c4ccccc4C(C)C)C3)CC2)cc(OC)n1. The second kappa shape index (κ2) is 22.0. The van der Waals surface area contributed by atoms with Gasteiger partial charge in [0.2, 0.25) is 17.6 Å². The lowest BCUT2D eigenvalue weighted by Gasteiger charge is -2.59. The third-order valence-electron chi connectivity index (χ3n) is 17.9. The molecule has 4 aromatic heterocycles. The number of rotatable bonds is 18. The van der Waals surface area contributed by atoms with Crippen LogP contribution >= 0.6 is 0 Å². The van der Waals surface area contributed by atoms with Crippen molar-refractivity contribution in [1.82, 2.24) is 34.5 Å². The number of fused-ring (bicyclic) bond motifs is 1. The molecule has 1 amide bonds. The molecule has 3 aliphatic carbocycles. The van der Waals surface area contributed by atoms with Crippen molar-refractivity contribution in [1.29, 1.82) is 0 Å². The van der Waals surface area contributed by atoms with E-state index in [9.17, 15) is 32.8 Å². The monoisotopic (exact) mass is 1130 g/mol. The Hall–Kier alpha value is -7.14. The van der Waals surface area contributed by atoms with Gasteiger partial charge < -0.3 is 39.3 Å². The highest BCUT2D eigenvalue weighted by atomic mass is 32.2. The second-order valence-corrected chi connectivity index (χ2v) is 25.0. The maximum absolute atomic E-state index is 15.0. The van der Waals surface area contributed by atoms with Gasteiger partial charge in [-0.2, -0.15) is 9.97 Å². The highest BCUT2D eigenvalue weighted by Crippen LogP contribution is 2.57. The topological polar surface area (TPSA) is 240 Å². The number of nitrogens with one attached hydrogen (secondary N) is 3. The number of nitro groups is 1. The normalized spacial score (nSPS) is 22.1. The average molecular weight is 1130 g/mol. The molecule has 81 heavy (non-hydrogen) atoms. The van der Waals surface area contributed by atoms with E-state index in [4.69, 9.17) is 18.9 Å². The van der Waals surface area contributed by atoms with Crippen molar-refractivity contribution in [2.75, 3.05) is 70.8 Å². The van der Waals surface area contributed by atoms with Crippen LogP contribution in [0.5, 0.6) is 29.1 Å². The Morgan fingerprint density at radius 3 is 2.30 bits per heavy atom. The van der Waals surface area contributed by atoms with Gasteiger partial charge in [-0.1, -0.05) is 38.1 Å². The van der Waals surface area contributed by atoms with Gasteiger partial charge in [0, 0.05) is 99.1 Å². The van der Waals surface area contributed by atoms with E-state index in [-0.39, 0.29) is 62.7 Å². The quantitative estimate of drug-likeness (QED) is 0.0463. The van der Waals surface area contributed by atoms with Crippen molar-refractivity contribution in [3.8, 4) is 29.1 Å². The van der Waals surface area contributed by atoms with E-state index in [1.54, 1.807) is 33.3 Å². The summed E-state index contributed by atoms with van der Waals surface area (Å²) < 4.78 is 68.1. The molecular formula is C59H71FN10O10S. The lowest BCUT2D eigenvalue weighted by atomic mass is 9.59. The van der Waals surface area contributed by atoms with Crippen molar-refractivity contribution in [3.63, 3.8) is 0 Å². The van der Waals surface area contributed by atoms with Crippen LogP contribution in [0.4, 0.5) is 21.6 Å². The summed E-state index contributed by atoms with van der Waals surface area (Å²) in [6, 6.07) is 20.8. The number of aromatic amines is 1. The number of nitrogens with zero attached hydrogens (tertiary/aromatic N) is 7. The summed E-state index contributed by atoms with van der Waals surface area (Å²) >= 11 is 0. The Kier molecular flexibility index (Phi) is 15.1. The minimum Gasteiger partial charge on any atom is -0.481 e. The molecule has 3 saturated carbocycles. The number of aromatic nitrogens is 4. The number of halogens is 1. The van der Waals surface area contributed by atoms with Crippen LogP contribution in [0, 0.1) is 27.3 Å². The first-order valence-corrected chi connectivity index (χ1v) is 29.5. The van der Waals surface area contributed by atoms with Crippen molar-refractivity contribution in [2.24, 2.45) is 11.3 Å². The average Bonchev–Trinajstić information content (AvgIpc) is 3.58. The van der Waals surface area contributed by atoms with E-state index in [0.717, 1.165) is 82.3 Å². The largest absolute Gasteiger partial charge is 0.481 e. The van der Waals surface area contributed by atoms with E-state index < -0.39 is 42.9 Å². The van der Waals surface area contributed by atoms with Crippen LogP contribution in [0.1, 0.15) is 124 Å². The molecule has 2 aliphatic heterocycles. The van der Waals surface area contributed by atoms with Crippen LogP contribution < -0.4 is 33.9 Å². The standard InChI is InChI=1S/C59H71FN10O10S/c1-36(2)42-9-7-8-10-43(42)48-35-68(59(17-18-59)38-25-51(77-4)64-52(26-38)78-5)23-24-69(48)40-30-58(31-40)19-21-67(22-20-58)39-11-12-44(49(27-39)80-50-29-45-46(60)34-63-53(45)65-56(50)79-6)55(71)66-81(75,76)41-28-47(70(73)74)54(62-33-41)61-32-37-13-15-57(3,72)16-14-37/h7-12,25-29,33-34,36-37,40,48,72H,13-24,30-32,35H2,1-6H3,(H,61,62)(H,63,65)(H,66,71)/t37?,48-,57?/m0/s1. The number of sulfonamides is 1. The van der Waals surface area contributed by atoms with Crippen LogP contribution in [0.2, 0.25) is 0 Å². The summed E-state index contributed by atoms with van der Waals surface area (Å²) in [5.41, 5.74) is 3.37. The zero-order valence-electron chi connectivity index (χ0n) is 46.7. The molecular weight excluding hydrogens is 1060 g/mol. The number of amides is 1. The molecule has 20 nitrogen and oxygen atoms in total. The highest BCUT2D eigenvalue weighted by Gasteiger charge is 2.55. The molecule has 0 bridgehead atoms.